The van der Waals surface area contributed by atoms with E-state index in [1.807, 2.05) is 19.1 Å². The van der Waals surface area contributed by atoms with E-state index in [1.165, 1.54) is 4.90 Å². The molecule has 20 heavy (non-hydrogen) atoms. The summed E-state index contributed by atoms with van der Waals surface area (Å²) in [6.07, 6.45) is 2.91. The Morgan fingerprint density at radius 3 is 2.65 bits per heavy atom. The van der Waals surface area contributed by atoms with E-state index < -0.39 is 5.54 Å². The van der Waals surface area contributed by atoms with E-state index >= 15 is 0 Å². The molecule has 3 amide bonds. The number of anilines is 1. The number of pyridine rings is 1. The van der Waals surface area contributed by atoms with E-state index in [9.17, 15) is 9.59 Å². The molecule has 0 aliphatic carbocycles. The lowest BCUT2D eigenvalue weighted by atomic mass is 9.86. The molecule has 0 atom stereocenters. The second-order valence-corrected chi connectivity index (χ2v) is 5.41. The van der Waals surface area contributed by atoms with Crippen LogP contribution in [-0.4, -0.2) is 47.5 Å². The third-order valence-corrected chi connectivity index (χ3v) is 4.23. The summed E-state index contributed by atoms with van der Waals surface area (Å²) in [5.74, 6) is 0.478. The molecule has 0 unspecified atom stereocenters. The highest BCUT2D eigenvalue weighted by atomic mass is 16.2. The first-order valence-corrected chi connectivity index (χ1v) is 6.82. The molecule has 2 fully saturated rings. The normalized spacial score (nSPS) is 21.9. The summed E-state index contributed by atoms with van der Waals surface area (Å²) >= 11 is 0. The SMILES string of the molecule is Cc1cccnc1N1C(=O)N(C)C(=O)C12CCNCC2. The number of piperidine rings is 1. The van der Waals surface area contributed by atoms with Crippen LogP contribution in [0, 0.1) is 6.92 Å². The first kappa shape index (κ1) is 13.1. The second kappa shape index (κ2) is 4.56. The van der Waals surface area contributed by atoms with Crippen molar-refractivity contribution in [2.24, 2.45) is 0 Å². The van der Waals surface area contributed by atoms with Crippen LogP contribution < -0.4 is 10.2 Å². The van der Waals surface area contributed by atoms with Gasteiger partial charge in [-0.15, -0.1) is 0 Å². The van der Waals surface area contributed by atoms with Crippen LogP contribution in [0.5, 0.6) is 0 Å². The van der Waals surface area contributed by atoms with Crippen LogP contribution in [-0.2, 0) is 4.79 Å². The molecule has 0 bridgehead atoms. The van der Waals surface area contributed by atoms with Gasteiger partial charge >= 0.3 is 6.03 Å². The van der Waals surface area contributed by atoms with Crippen molar-refractivity contribution in [3.05, 3.63) is 23.9 Å². The van der Waals surface area contributed by atoms with Gasteiger partial charge in [0.15, 0.2) is 0 Å². The van der Waals surface area contributed by atoms with Gasteiger partial charge < -0.3 is 5.32 Å². The van der Waals surface area contributed by atoms with Gasteiger partial charge in [0.2, 0.25) is 0 Å². The zero-order chi connectivity index (χ0) is 14.3. The lowest BCUT2D eigenvalue weighted by Gasteiger charge is -2.38. The van der Waals surface area contributed by atoms with Crippen LogP contribution in [0.1, 0.15) is 18.4 Å². The largest absolute Gasteiger partial charge is 0.333 e. The number of carbonyl (C=O) groups excluding carboxylic acids is 2. The molecule has 2 saturated heterocycles. The van der Waals surface area contributed by atoms with Crippen molar-refractivity contribution >= 4 is 17.8 Å². The fraction of sp³-hybridized carbons (Fsp3) is 0.500. The van der Waals surface area contributed by atoms with Crippen LogP contribution >= 0.6 is 0 Å². The topological polar surface area (TPSA) is 65.5 Å². The first-order chi connectivity index (χ1) is 9.58. The van der Waals surface area contributed by atoms with Crippen LogP contribution in [0.4, 0.5) is 10.6 Å². The van der Waals surface area contributed by atoms with Gasteiger partial charge in [0.05, 0.1) is 0 Å². The molecule has 106 valence electrons. The van der Waals surface area contributed by atoms with Crippen LogP contribution in [0.2, 0.25) is 0 Å². The molecule has 2 aliphatic rings. The summed E-state index contributed by atoms with van der Waals surface area (Å²) in [5, 5.41) is 3.24. The van der Waals surface area contributed by atoms with E-state index in [-0.39, 0.29) is 11.9 Å². The van der Waals surface area contributed by atoms with Gasteiger partial charge in [0.1, 0.15) is 11.4 Å². The van der Waals surface area contributed by atoms with E-state index in [0.29, 0.717) is 18.7 Å². The number of imide groups is 1. The predicted octanol–water partition coefficient (Wildman–Crippen LogP) is 0.911. The van der Waals surface area contributed by atoms with Gasteiger partial charge in [0, 0.05) is 13.2 Å². The third kappa shape index (κ3) is 1.64. The van der Waals surface area contributed by atoms with Gasteiger partial charge in [-0.25, -0.2) is 9.78 Å². The number of rotatable bonds is 1. The number of amides is 3. The van der Waals surface area contributed by atoms with Crippen molar-refractivity contribution in [1.82, 2.24) is 15.2 Å². The number of urea groups is 1. The van der Waals surface area contributed by atoms with Crippen molar-refractivity contribution < 1.29 is 9.59 Å². The molecule has 1 aromatic rings. The van der Waals surface area contributed by atoms with Gasteiger partial charge in [-0.2, -0.15) is 0 Å². The maximum absolute atomic E-state index is 12.6. The average molecular weight is 274 g/mol. The average Bonchev–Trinajstić information content (AvgIpc) is 2.64. The molecule has 6 nitrogen and oxygen atoms in total. The highest BCUT2D eigenvalue weighted by Gasteiger charge is 2.57. The molecule has 1 spiro atoms. The zero-order valence-electron chi connectivity index (χ0n) is 11.7. The summed E-state index contributed by atoms with van der Waals surface area (Å²) in [6, 6.07) is 3.46. The number of hydrogen-bond donors (Lipinski definition) is 1. The molecular weight excluding hydrogens is 256 g/mol. The fourth-order valence-electron chi connectivity index (χ4n) is 3.11. The summed E-state index contributed by atoms with van der Waals surface area (Å²) < 4.78 is 0. The van der Waals surface area contributed by atoms with Crippen LogP contribution in [0.3, 0.4) is 0 Å². The highest BCUT2D eigenvalue weighted by molar-refractivity contribution is 6.16. The summed E-state index contributed by atoms with van der Waals surface area (Å²) in [5.41, 5.74) is 0.137. The molecule has 0 radical (unpaired) electrons. The molecule has 1 aromatic heterocycles. The number of aryl methyl sites for hydroxylation is 1. The maximum Gasteiger partial charge on any atom is 0.333 e. The minimum atomic E-state index is -0.768. The monoisotopic (exact) mass is 274 g/mol. The lowest BCUT2D eigenvalue weighted by Crippen LogP contribution is -2.56. The Morgan fingerprint density at radius 1 is 1.30 bits per heavy atom. The number of hydrogen-bond acceptors (Lipinski definition) is 4. The number of nitrogens with one attached hydrogen (secondary N) is 1. The third-order valence-electron chi connectivity index (χ3n) is 4.23. The number of likely N-dealkylation sites (N-methyl/N-ethyl adjacent to an activating group) is 1. The van der Waals surface area contributed by atoms with Crippen molar-refractivity contribution in [3.63, 3.8) is 0 Å². The van der Waals surface area contributed by atoms with Gasteiger partial charge in [0.25, 0.3) is 5.91 Å². The zero-order valence-corrected chi connectivity index (χ0v) is 11.7. The number of aromatic nitrogens is 1. The van der Waals surface area contributed by atoms with E-state index in [2.05, 4.69) is 10.3 Å². The molecule has 6 heteroatoms. The minimum Gasteiger partial charge on any atom is -0.317 e. The molecule has 0 aromatic carbocycles. The Labute approximate surface area is 117 Å². The molecular formula is C14H18N4O2. The quantitative estimate of drug-likeness (QED) is 0.773. The molecule has 2 aliphatic heterocycles. The summed E-state index contributed by atoms with van der Waals surface area (Å²) in [4.78, 5) is 32.3. The minimum absolute atomic E-state index is 0.117. The van der Waals surface area contributed by atoms with E-state index in [0.717, 1.165) is 18.7 Å². The Kier molecular flexibility index (Phi) is 2.97. The lowest BCUT2D eigenvalue weighted by molar-refractivity contribution is -0.130. The Balaban J connectivity index is 2.13. The Hall–Kier alpha value is -1.95. The number of carbonyl (C=O) groups is 2. The smallest absolute Gasteiger partial charge is 0.317 e. The fourth-order valence-corrected chi connectivity index (χ4v) is 3.11. The molecule has 3 rings (SSSR count). The Morgan fingerprint density at radius 2 is 2.00 bits per heavy atom. The summed E-state index contributed by atoms with van der Waals surface area (Å²) in [7, 11) is 1.55. The standard InChI is InChI=1S/C14H18N4O2/c1-10-4-3-7-16-11(10)18-13(20)17(2)12(19)14(18)5-8-15-9-6-14/h3-4,7,15H,5-6,8-9H2,1-2H3. The first-order valence-electron chi connectivity index (χ1n) is 6.82. The van der Waals surface area contributed by atoms with Crippen molar-refractivity contribution in [2.45, 2.75) is 25.3 Å². The molecule has 1 N–H and O–H groups in total. The second-order valence-electron chi connectivity index (χ2n) is 5.41. The highest BCUT2D eigenvalue weighted by Crippen LogP contribution is 2.38. The van der Waals surface area contributed by atoms with E-state index in [4.69, 9.17) is 0 Å². The predicted molar refractivity (Wildman–Crippen MR) is 74.5 cm³/mol. The van der Waals surface area contributed by atoms with Crippen molar-refractivity contribution in [2.75, 3.05) is 25.0 Å². The van der Waals surface area contributed by atoms with Crippen molar-refractivity contribution in [3.8, 4) is 0 Å². The molecule has 0 saturated carbocycles. The Bertz CT molecular complexity index is 566. The van der Waals surface area contributed by atoms with E-state index in [1.54, 1.807) is 18.1 Å². The van der Waals surface area contributed by atoms with Gasteiger partial charge in [-0.3, -0.25) is 14.6 Å². The summed E-state index contributed by atoms with van der Waals surface area (Å²) in [6.45, 7) is 3.37. The molecule has 3 heterocycles. The van der Waals surface area contributed by atoms with Gasteiger partial charge in [-0.05, 0) is 44.5 Å². The number of nitrogens with zero attached hydrogens (tertiary/aromatic N) is 3. The maximum atomic E-state index is 12.6. The van der Waals surface area contributed by atoms with Crippen LogP contribution in [0.25, 0.3) is 0 Å². The van der Waals surface area contributed by atoms with Crippen LogP contribution in [0.15, 0.2) is 18.3 Å². The van der Waals surface area contributed by atoms with Crippen molar-refractivity contribution in [1.29, 1.82) is 0 Å². The van der Waals surface area contributed by atoms with Gasteiger partial charge in [-0.1, -0.05) is 6.07 Å².